The molecule has 3 aromatic carbocycles. The summed E-state index contributed by atoms with van der Waals surface area (Å²) in [5, 5.41) is 11.1. The summed E-state index contributed by atoms with van der Waals surface area (Å²) < 4.78 is 0. The van der Waals surface area contributed by atoms with Gasteiger partial charge in [0.2, 0.25) is 0 Å². The average Bonchev–Trinajstić information content (AvgIpc) is 3.25. The first-order chi connectivity index (χ1) is 14.7. The first kappa shape index (κ1) is 20.4. The Bertz CT molecular complexity index is 1000. The van der Waals surface area contributed by atoms with E-state index in [1.54, 1.807) is 17.9 Å². The molecule has 0 amide bonds. The molecular weight excluding hydrogens is 410 g/mol. The van der Waals surface area contributed by atoms with Crippen molar-refractivity contribution >= 4 is 28.6 Å². The molecule has 0 saturated heterocycles. The standard InChI is InChI=1S/C24H21N3OS2/c1-19(28)29-18-30-23-17-25-27(26-23)24(20-11-5-2-6-12-20,21-13-7-3-8-14-21)22-15-9-4-10-16-22/h2-17H,18H2,1H3. The van der Waals surface area contributed by atoms with Gasteiger partial charge >= 0.3 is 0 Å². The molecular formula is C24H21N3OS2. The smallest absolute Gasteiger partial charge is 0.186 e. The van der Waals surface area contributed by atoms with Crippen molar-refractivity contribution in [2.75, 3.05) is 5.08 Å². The van der Waals surface area contributed by atoms with Gasteiger partial charge in [-0.15, -0.1) is 5.10 Å². The number of hydrogen-bond acceptors (Lipinski definition) is 5. The van der Waals surface area contributed by atoms with Crippen molar-refractivity contribution in [2.45, 2.75) is 17.5 Å². The molecule has 0 spiro atoms. The fourth-order valence-electron chi connectivity index (χ4n) is 3.53. The molecule has 30 heavy (non-hydrogen) atoms. The summed E-state index contributed by atoms with van der Waals surface area (Å²) in [6.07, 6.45) is 1.77. The highest BCUT2D eigenvalue weighted by Gasteiger charge is 2.40. The fraction of sp³-hybridized carbons (Fsp3) is 0.125. The molecule has 6 heteroatoms. The van der Waals surface area contributed by atoms with Gasteiger partial charge in [0, 0.05) is 6.92 Å². The predicted molar refractivity (Wildman–Crippen MR) is 124 cm³/mol. The minimum absolute atomic E-state index is 0.0992. The van der Waals surface area contributed by atoms with E-state index < -0.39 is 5.54 Å². The Kier molecular flexibility index (Phi) is 6.35. The van der Waals surface area contributed by atoms with Crippen molar-refractivity contribution < 1.29 is 4.79 Å². The maximum absolute atomic E-state index is 11.3. The van der Waals surface area contributed by atoms with Gasteiger partial charge < -0.3 is 0 Å². The Balaban J connectivity index is 1.90. The van der Waals surface area contributed by atoms with E-state index >= 15 is 0 Å². The molecule has 0 aliphatic carbocycles. The Morgan fingerprint density at radius 2 is 1.30 bits per heavy atom. The van der Waals surface area contributed by atoms with Crippen molar-refractivity contribution in [1.29, 1.82) is 0 Å². The number of thioether (sulfide) groups is 2. The molecule has 150 valence electrons. The van der Waals surface area contributed by atoms with Crippen LogP contribution in [0.1, 0.15) is 23.6 Å². The van der Waals surface area contributed by atoms with E-state index in [0.717, 1.165) is 21.7 Å². The van der Waals surface area contributed by atoms with E-state index in [1.807, 2.05) is 54.6 Å². The van der Waals surface area contributed by atoms with Gasteiger partial charge in [-0.1, -0.05) is 115 Å². The summed E-state index contributed by atoms with van der Waals surface area (Å²) in [6, 6.07) is 31.0. The second-order valence-corrected chi connectivity index (χ2v) is 9.19. The third kappa shape index (κ3) is 4.06. The van der Waals surface area contributed by atoms with Gasteiger partial charge in [-0.25, -0.2) is 0 Å². The summed E-state index contributed by atoms with van der Waals surface area (Å²) in [5.74, 6) is 0. The predicted octanol–water partition coefficient (Wildman–Crippen LogP) is 5.45. The third-order valence-electron chi connectivity index (χ3n) is 4.81. The van der Waals surface area contributed by atoms with Gasteiger partial charge in [0.1, 0.15) is 5.03 Å². The number of aromatic nitrogens is 3. The molecule has 1 aromatic heterocycles. The zero-order valence-corrected chi connectivity index (χ0v) is 18.1. The highest BCUT2D eigenvalue weighted by Crippen LogP contribution is 2.40. The van der Waals surface area contributed by atoms with Crippen LogP contribution in [0.4, 0.5) is 0 Å². The van der Waals surface area contributed by atoms with Crippen molar-refractivity contribution in [3.05, 3.63) is 114 Å². The molecule has 0 radical (unpaired) electrons. The number of carbonyl (C=O) groups is 1. The van der Waals surface area contributed by atoms with Crippen LogP contribution in [-0.2, 0) is 10.3 Å². The Morgan fingerprint density at radius 3 is 1.73 bits per heavy atom. The molecule has 0 aliphatic rings. The summed E-state index contributed by atoms with van der Waals surface area (Å²) >= 11 is 2.80. The molecule has 1 heterocycles. The van der Waals surface area contributed by atoms with Crippen molar-refractivity contribution in [2.24, 2.45) is 0 Å². The van der Waals surface area contributed by atoms with Gasteiger partial charge in [-0.2, -0.15) is 9.90 Å². The van der Waals surface area contributed by atoms with E-state index in [-0.39, 0.29) is 5.12 Å². The number of benzene rings is 3. The lowest BCUT2D eigenvalue weighted by Gasteiger charge is -2.34. The third-order valence-corrected chi connectivity index (χ3v) is 6.65. The number of nitrogens with zero attached hydrogens (tertiary/aromatic N) is 3. The van der Waals surface area contributed by atoms with Crippen LogP contribution in [0.2, 0.25) is 0 Å². The van der Waals surface area contributed by atoms with Crippen LogP contribution >= 0.6 is 23.5 Å². The van der Waals surface area contributed by atoms with Gasteiger partial charge in [-0.3, -0.25) is 4.79 Å². The minimum atomic E-state index is -0.712. The molecule has 4 rings (SSSR count). The Hall–Kier alpha value is -2.83. The molecule has 4 aromatic rings. The average molecular weight is 432 g/mol. The second-order valence-electron chi connectivity index (χ2n) is 6.68. The zero-order valence-electron chi connectivity index (χ0n) is 16.5. The second kappa shape index (κ2) is 9.32. The normalized spacial score (nSPS) is 11.4. The molecule has 0 N–H and O–H groups in total. The fourth-order valence-corrected chi connectivity index (χ4v) is 5.17. The largest absolute Gasteiger partial charge is 0.288 e. The lowest BCUT2D eigenvalue weighted by Crippen LogP contribution is -2.39. The zero-order chi connectivity index (χ0) is 20.8. The first-order valence-electron chi connectivity index (χ1n) is 9.57. The molecule has 0 fully saturated rings. The Morgan fingerprint density at radius 1 is 0.833 bits per heavy atom. The molecule has 0 saturated carbocycles. The molecule has 0 aliphatic heterocycles. The van der Waals surface area contributed by atoms with Gasteiger partial charge in [0.05, 0.1) is 11.3 Å². The van der Waals surface area contributed by atoms with E-state index in [2.05, 4.69) is 36.4 Å². The lowest BCUT2D eigenvalue weighted by atomic mass is 9.77. The summed E-state index contributed by atoms with van der Waals surface area (Å²) in [7, 11) is 0. The SMILES string of the molecule is CC(=O)SCSc1cnn(C(c2ccccc2)(c2ccccc2)c2ccccc2)n1. The van der Waals surface area contributed by atoms with Crippen molar-refractivity contribution in [3.63, 3.8) is 0 Å². The highest BCUT2D eigenvalue weighted by molar-refractivity contribution is 8.23. The lowest BCUT2D eigenvalue weighted by molar-refractivity contribution is -0.109. The molecule has 4 nitrogen and oxygen atoms in total. The van der Waals surface area contributed by atoms with Crippen LogP contribution in [0, 0.1) is 0 Å². The van der Waals surface area contributed by atoms with Gasteiger partial charge in [-0.05, 0) is 16.7 Å². The molecule has 0 bridgehead atoms. The van der Waals surface area contributed by atoms with E-state index in [4.69, 9.17) is 10.2 Å². The number of carbonyl (C=O) groups excluding carboxylic acids is 1. The first-order valence-corrected chi connectivity index (χ1v) is 11.5. The van der Waals surface area contributed by atoms with Crippen molar-refractivity contribution in [1.82, 2.24) is 15.0 Å². The molecule has 0 unspecified atom stereocenters. The number of hydrogen-bond donors (Lipinski definition) is 0. The van der Waals surface area contributed by atoms with Crippen LogP contribution in [0.15, 0.2) is 102 Å². The van der Waals surface area contributed by atoms with E-state index in [1.165, 1.54) is 23.5 Å². The van der Waals surface area contributed by atoms with Crippen molar-refractivity contribution in [3.8, 4) is 0 Å². The summed E-state index contributed by atoms with van der Waals surface area (Å²) in [5.41, 5.74) is 2.52. The highest BCUT2D eigenvalue weighted by atomic mass is 32.2. The number of rotatable bonds is 7. The maximum atomic E-state index is 11.3. The van der Waals surface area contributed by atoms with Crippen LogP contribution in [0.5, 0.6) is 0 Å². The summed E-state index contributed by atoms with van der Waals surface area (Å²) in [4.78, 5) is 13.1. The Labute approximate surface area is 184 Å². The maximum Gasteiger partial charge on any atom is 0.186 e. The monoisotopic (exact) mass is 431 g/mol. The minimum Gasteiger partial charge on any atom is -0.288 e. The van der Waals surface area contributed by atoms with Gasteiger partial charge in [0.25, 0.3) is 0 Å². The van der Waals surface area contributed by atoms with E-state index in [9.17, 15) is 4.79 Å². The molecule has 0 atom stereocenters. The quantitative estimate of drug-likeness (QED) is 0.221. The summed E-state index contributed by atoms with van der Waals surface area (Å²) in [6.45, 7) is 1.58. The van der Waals surface area contributed by atoms with Gasteiger partial charge in [0.15, 0.2) is 10.7 Å². The van der Waals surface area contributed by atoms with Crippen LogP contribution in [0.25, 0.3) is 0 Å². The topological polar surface area (TPSA) is 47.8 Å². The van der Waals surface area contributed by atoms with Crippen LogP contribution in [0.3, 0.4) is 0 Å². The van der Waals surface area contributed by atoms with Crippen LogP contribution < -0.4 is 0 Å². The van der Waals surface area contributed by atoms with E-state index in [0.29, 0.717) is 5.08 Å². The van der Waals surface area contributed by atoms with Crippen LogP contribution in [-0.4, -0.2) is 25.2 Å².